The van der Waals surface area contributed by atoms with Crippen molar-refractivity contribution in [3.8, 4) is 0 Å². The first-order chi connectivity index (χ1) is 8.91. The molecule has 2 aromatic heterocycles. The Balaban J connectivity index is 2.44. The van der Waals surface area contributed by atoms with Crippen LogP contribution in [0, 0.1) is 13.8 Å². The zero-order valence-corrected chi connectivity index (χ0v) is 11.3. The molecule has 1 N–H and O–H groups in total. The standard InChI is InChI=1S/C12H16N4O3/c1-6(2)11-10(12(17)18)13-15-16(11)5-9-7(3)14-19-8(9)4/h6H,5H2,1-4H3,(H,17,18). The second kappa shape index (κ2) is 4.83. The summed E-state index contributed by atoms with van der Waals surface area (Å²) >= 11 is 0. The lowest BCUT2D eigenvalue weighted by atomic mass is 10.1. The van der Waals surface area contributed by atoms with Gasteiger partial charge in [0.1, 0.15) is 5.76 Å². The quantitative estimate of drug-likeness (QED) is 0.904. The van der Waals surface area contributed by atoms with Gasteiger partial charge in [-0.1, -0.05) is 24.2 Å². The van der Waals surface area contributed by atoms with Crippen LogP contribution in [-0.4, -0.2) is 31.2 Å². The normalized spacial score (nSPS) is 11.2. The molecule has 0 fully saturated rings. The van der Waals surface area contributed by atoms with Gasteiger partial charge in [0.2, 0.25) is 0 Å². The summed E-state index contributed by atoms with van der Waals surface area (Å²) in [5, 5.41) is 20.7. The molecule has 7 heteroatoms. The van der Waals surface area contributed by atoms with Crippen molar-refractivity contribution >= 4 is 5.97 Å². The molecule has 0 radical (unpaired) electrons. The number of aromatic carboxylic acids is 1. The van der Waals surface area contributed by atoms with Crippen molar-refractivity contribution < 1.29 is 14.4 Å². The van der Waals surface area contributed by atoms with Gasteiger partial charge in [-0.25, -0.2) is 9.48 Å². The predicted octanol–water partition coefficient (Wildman–Crippen LogP) is 1.75. The summed E-state index contributed by atoms with van der Waals surface area (Å²) in [7, 11) is 0. The molecular weight excluding hydrogens is 248 g/mol. The summed E-state index contributed by atoms with van der Waals surface area (Å²) < 4.78 is 6.69. The number of nitrogens with zero attached hydrogens (tertiary/aromatic N) is 4. The van der Waals surface area contributed by atoms with E-state index in [0.29, 0.717) is 18.0 Å². The van der Waals surface area contributed by atoms with Crippen LogP contribution in [-0.2, 0) is 6.54 Å². The summed E-state index contributed by atoms with van der Waals surface area (Å²) in [6.45, 7) is 7.90. The molecule has 19 heavy (non-hydrogen) atoms. The molecule has 0 saturated heterocycles. The van der Waals surface area contributed by atoms with Gasteiger partial charge in [-0.15, -0.1) is 5.10 Å². The molecule has 2 aromatic rings. The summed E-state index contributed by atoms with van der Waals surface area (Å²) in [5.41, 5.74) is 2.29. The Hall–Kier alpha value is -2.18. The van der Waals surface area contributed by atoms with Crippen molar-refractivity contribution in [3.05, 3.63) is 28.4 Å². The summed E-state index contributed by atoms with van der Waals surface area (Å²) in [5.74, 6) is -0.338. The molecular formula is C12H16N4O3. The Kier molecular flexibility index (Phi) is 3.37. The van der Waals surface area contributed by atoms with E-state index in [1.807, 2.05) is 27.7 Å². The van der Waals surface area contributed by atoms with Crippen molar-refractivity contribution in [2.24, 2.45) is 0 Å². The minimum atomic E-state index is -1.06. The number of aryl methyl sites for hydroxylation is 2. The number of carboxylic acids is 1. The minimum Gasteiger partial charge on any atom is -0.476 e. The topological polar surface area (TPSA) is 94.0 Å². The number of hydrogen-bond donors (Lipinski definition) is 1. The second-order valence-corrected chi connectivity index (χ2v) is 4.74. The van der Waals surface area contributed by atoms with Gasteiger partial charge in [-0.05, 0) is 19.8 Å². The molecule has 0 saturated carbocycles. The lowest BCUT2D eigenvalue weighted by Crippen LogP contribution is -2.11. The predicted molar refractivity (Wildman–Crippen MR) is 66.1 cm³/mol. The number of aromatic nitrogens is 4. The molecule has 0 atom stereocenters. The van der Waals surface area contributed by atoms with Crippen LogP contribution in [0.15, 0.2) is 4.52 Å². The highest BCUT2D eigenvalue weighted by atomic mass is 16.5. The average molecular weight is 264 g/mol. The van der Waals surface area contributed by atoms with Crippen LogP contribution < -0.4 is 0 Å². The first-order valence-electron chi connectivity index (χ1n) is 6.00. The molecule has 0 aliphatic carbocycles. The van der Waals surface area contributed by atoms with Crippen LogP contribution in [0.5, 0.6) is 0 Å². The molecule has 0 aliphatic heterocycles. The van der Waals surface area contributed by atoms with Crippen molar-refractivity contribution in [1.29, 1.82) is 0 Å². The molecule has 7 nitrogen and oxygen atoms in total. The monoisotopic (exact) mass is 264 g/mol. The van der Waals surface area contributed by atoms with E-state index in [9.17, 15) is 4.79 Å². The van der Waals surface area contributed by atoms with Gasteiger partial charge in [0.05, 0.1) is 17.9 Å². The number of rotatable bonds is 4. The Bertz CT molecular complexity index is 593. The maximum atomic E-state index is 11.1. The van der Waals surface area contributed by atoms with Gasteiger partial charge >= 0.3 is 5.97 Å². The highest BCUT2D eigenvalue weighted by Gasteiger charge is 2.22. The molecule has 2 heterocycles. The van der Waals surface area contributed by atoms with E-state index >= 15 is 0 Å². The van der Waals surface area contributed by atoms with E-state index in [-0.39, 0.29) is 11.6 Å². The van der Waals surface area contributed by atoms with E-state index in [1.54, 1.807) is 4.68 Å². The van der Waals surface area contributed by atoms with Crippen LogP contribution in [0.2, 0.25) is 0 Å². The Morgan fingerprint density at radius 1 is 1.42 bits per heavy atom. The zero-order chi connectivity index (χ0) is 14.2. The lowest BCUT2D eigenvalue weighted by molar-refractivity contribution is 0.0688. The zero-order valence-electron chi connectivity index (χ0n) is 11.3. The van der Waals surface area contributed by atoms with Crippen molar-refractivity contribution in [1.82, 2.24) is 20.2 Å². The fraction of sp³-hybridized carbons (Fsp3) is 0.500. The van der Waals surface area contributed by atoms with Crippen molar-refractivity contribution in [2.45, 2.75) is 40.2 Å². The summed E-state index contributed by atoms with van der Waals surface area (Å²) in [6.07, 6.45) is 0. The van der Waals surface area contributed by atoms with E-state index in [1.165, 1.54) is 0 Å². The first kappa shape index (κ1) is 13.3. The van der Waals surface area contributed by atoms with Gasteiger partial charge in [0.15, 0.2) is 5.69 Å². The second-order valence-electron chi connectivity index (χ2n) is 4.74. The van der Waals surface area contributed by atoms with E-state index in [0.717, 1.165) is 11.3 Å². The van der Waals surface area contributed by atoms with Crippen LogP contribution in [0.25, 0.3) is 0 Å². The fourth-order valence-corrected chi connectivity index (χ4v) is 2.04. The molecule has 0 spiro atoms. The van der Waals surface area contributed by atoms with Gasteiger partial charge in [-0.3, -0.25) is 0 Å². The number of carbonyl (C=O) groups is 1. The van der Waals surface area contributed by atoms with E-state index < -0.39 is 5.97 Å². The Morgan fingerprint density at radius 2 is 2.11 bits per heavy atom. The average Bonchev–Trinajstić information content (AvgIpc) is 2.88. The minimum absolute atomic E-state index is 0.00163. The van der Waals surface area contributed by atoms with E-state index in [4.69, 9.17) is 9.63 Å². The van der Waals surface area contributed by atoms with Crippen molar-refractivity contribution in [3.63, 3.8) is 0 Å². The number of hydrogen-bond acceptors (Lipinski definition) is 5. The smallest absolute Gasteiger partial charge is 0.358 e. The van der Waals surface area contributed by atoms with Gasteiger partial charge in [0, 0.05) is 5.56 Å². The van der Waals surface area contributed by atoms with Gasteiger partial charge < -0.3 is 9.63 Å². The fourth-order valence-electron chi connectivity index (χ4n) is 2.04. The van der Waals surface area contributed by atoms with Crippen LogP contribution in [0.4, 0.5) is 0 Å². The third kappa shape index (κ3) is 2.35. The summed E-state index contributed by atoms with van der Waals surface area (Å²) in [4.78, 5) is 11.1. The van der Waals surface area contributed by atoms with Crippen LogP contribution in [0.3, 0.4) is 0 Å². The number of carboxylic acid groups (broad SMARTS) is 1. The highest BCUT2D eigenvalue weighted by molar-refractivity contribution is 5.86. The molecule has 0 unspecified atom stereocenters. The molecule has 0 aliphatic rings. The Labute approximate surface area is 110 Å². The molecule has 0 bridgehead atoms. The maximum Gasteiger partial charge on any atom is 0.358 e. The van der Waals surface area contributed by atoms with Crippen LogP contribution >= 0.6 is 0 Å². The van der Waals surface area contributed by atoms with Gasteiger partial charge in [-0.2, -0.15) is 0 Å². The Morgan fingerprint density at radius 3 is 2.58 bits per heavy atom. The third-order valence-electron chi connectivity index (χ3n) is 3.01. The third-order valence-corrected chi connectivity index (χ3v) is 3.01. The summed E-state index contributed by atoms with van der Waals surface area (Å²) in [6, 6.07) is 0. The maximum absolute atomic E-state index is 11.1. The molecule has 2 rings (SSSR count). The molecule has 0 aromatic carbocycles. The van der Waals surface area contributed by atoms with E-state index in [2.05, 4.69) is 15.5 Å². The SMILES string of the molecule is Cc1noc(C)c1Cn1nnc(C(=O)O)c1C(C)C. The highest BCUT2D eigenvalue weighted by Crippen LogP contribution is 2.21. The van der Waals surface area contributed by atoms with Crippen molar-refractivity contribution in [2.75, 3.05) is 0 Å². The van der Waals surface area contributed by atoms with Gasteiger partial charge in [0.25, 0.3) is 0 Å². The lowest BCUT2D eigenvalue weighted by Gasteiger charge is -2.09. The molecule has 0 amide bonds. The first-order valence-corrected chi connectivity index (χ1v) is 6.00. The van der Waals surface area contributed by atoms with Crippen LogP contribution in [0.1, 0.15) is 53.0 Å². The molecule has 102 valence electrons. The largest absolute Gasteiger partial charge is 0.476 e.